The Morgan fingerprint density at radius 2 is 2.16 bits per heavy atom. The number of hydrogen-bond acceptors (Lipinski definition) is 3. The Balaban J connectivity index is 2.04. The topological polar surface area (TPSA) is 41.6 Å². The van der Waals surface area contributed by atoms with Crippen molar-refractivity contribution < 1.29 is 9.53 Å². The smallest absolute Gasteiger partial charge is 0.223 e. The highest BCUT2D eigenvalue weighted by Crippen LogP contribution is 2.28. The predicted molar refractivity (Wildman–Crippen MR) is 75.2 cm³/mol. The molecule has 1 unspecified atom stereocenters. The number of carbonyl (C=O) groups is 1. The molecule has 1 aliphatic rings. The van der Waals surface area contributed by atoms with Crippen molar-refractivity contribution in [2.75, 3.05) is 27.2 Å². The van der Waals surface area contributed by atoms with Crippen molar-refractivity contribution in [1.29, 1.82) is 0 Å². The summed E-state index contributed by atoms with van der Waals surface area (Å²) in [5.74, 6) is 1.53. The summed E-state index contributed by atoms with van der Waals surface area (Å²) in [6.07, 6.45) is 0.628. The lowest BCUT2D eigenvalue weighted by atomic mass is 9.97. The van der Waals surface area contributed by atoms with Crippen LogP contribution in [0.1, 0.15) is 24.9 Å². The zero-order valence-corrected chi connectivity index (χ0v) is 11.8. The number of benzene rings is 1. The molecule has 2 rings (SSSR count). The molecule has 4 heteroatoms. The van der Waals surface area contributed by atoms with Crippen molar-refractivity contribution >= 4 is 5.91 Å². The Kier molecular flexibility index (Phi) is 4.43. The number of para-hydroxylation sites is 1. The molecule has 1 saturated heterocycles. The van der Waals surface area contributed by atoms with E-state index in [-0.39, 0.29) is 11.9 Å². The van der Waals surface area contributed by atoms with E-state index in [9.17, 15) is 4.79 Å². The van der Waals surface area contributed by atoms with Gasteiger partial charge in [0, 0.05) is 19.0 Å². The largest absolute Gasteiger partial charge is 0.496 e. The maximum Gasteiger partial charge on any atom is 0.223 e. The first-order valence-corrected chi connectivity index (χ1v) is 6.72. The molecule has 1 aliphatic heterocycles. The summed E-state index contributed by atoms with van der Waals surface area (Å²) in [6, 6.07) is 7.88. The molecule has 1 heterocycles. The summed E-state index contributed by atoms with van der Waals surface area (Å²) in [5, 5.41) is 3.19. The van der Waals surface area contributed by atoms with Gasteiger partial charge in [-0.1, -0.05) is 18.2 Å². The van der Waals surface area contributed by atoms with E-state index in [2.05, 4.69) is 5.32 Å². The lowest BCUT2D eigenvalue weighted by Crippen LogP contribution is -2.45. The lowest BCUT2D eigenvalue weighted by Gasteiger charge is -2.31. The predicted octanol–water partition coefficient (Wildman–Crippen LogP) is 1.82. The molecule has 0 bridgehead atoms. The number of rotatable bonds is 5. The zero-order chi connectivity index (χ0) is 13.8. The zero-order valence-electron chi connectivity index (χ0n) is 11.8. The number of nitrogens with zero attached hydrogens (tertiary/aromatic N) is 1. The average molecular weight is 262 g/mol. The second-order valence-corrected chi connectivity index (χ2v) is 5.15. The SMILES string of the molecule is COc1ccccc1C(C)N(C)C(=O)CC1CNC1. The van der Waals surface area contributed by atoms with Crippen LogP contribution in [0, 0.1) is 5.92 Å². The van der Waals surface area contributed by atoms with Crippen LogP contribution in [0.4, 0.5) is 0 Å². The lowest BCUT2D eigenvalue weighted by molar-refractivity contribution is -0.133. The summed E-state index contributed by atoms with van der Waals surface area (Å²) in [5.41, 5.74) is 1.05. The van der Waals surface area contributed by atoms with Crippen molar-refractivity contribution in [2.24, 2.45) is 5.92 Å². The third kappa shape index (κ3) is 3.07. The van der Waals surface area contributed by atoms with Gasteiger partial charge >= 0.3 is 0 Å². The Hall–Kier alpha value is -1.55. The third-order valence-electron chi connectivity index (χ3n) is 3.89. The molecule has 1 aromatic carbocycles. The van der Waals surface area contributed by atoms with Gasteiger partial charge in [-0.25, -0.2) is 0 Å². The molecule has 1 amide bonds. The van der Waals surface area contributed by atoms with E-state index >= 15 is 0 Å². The van der Waals surface area contributed by atoms with Gasteiger partial charge in [-0.05, 0) is 32.0 Å². The summed E-state index contributed by atoms with van der Waals surface area (Å²) >= 11 is 0. The number of ether oxygens (including phenoxy) is 1. The monoisotopic (exact) mass is 262 g/mol. The van der Waals surface area contributed by atoms with Crippen LogP contribution in [0.25, 0.3) is 0 Å². The molecule has 4 nitrogen and oxygen atoms in total. The third-order valence-corrected chi connectivity index (χ3v) is 3.89. The Morgan fingerprint density at radius 1 is 1.47 bits per heavy atom. The summed E-state index contributed by atoms with van der Waals surface area (Å²) in [4.78, 5) is 14.0. The van der Waals surface area contributed by atoms with Crippen LogP contribution in [0.3, 0.4) is 0 Å². The quantitative estimate of drug-likeness (QED) is 0.880. The number of amides is 1. The van der Waals surface area contributed by atoms with Gasteiger partial charge in [0.25, 0.3) is 0 Å². The minimum atomic E-state index is 0.0247. The van der Waals surface area contributed by atoms with Gasteiger partial charge in [-0.2, -0.15) is 0 Å². The van der Waals surface area contributed by atoms with Crippen molar-refractivity contribution in [2.45, 2.75) is 19.4 Å². The molecule has 1 fully saturated rings. The molecule has 1 N–H and O–H groups in total. The molecule has 0 radical (unpaired) electrons. The van der Waals surface area contributed by atoms with Gasteiger partial charge in [0.15, 0.2) is 0 Å². The summed E-state index contributed by atoms with van der Waals surface area (Å²) in [7, 11) is 3.53. The first-order valence-electron chi connectivity index (χ1n) is 6.72. The molecule has 19 heavy (non-hydrogen) atoms. The Bertz CT molecular complexity index is 444. The van der Waals surface area contributed by atoms with E-state index < -0.39 is 0 Å². The molecule has 104 valence electrons. The fourth-order valence-electron chi connectivity index (χ4n) is 2.32. The van der Waals surface area contributed by atoms with Gasteiger partial charge in [0.05, 0.1) is 13.2 Å². The fraction of sp³-hybridized carbons (Fsp3) is 0.533. The van der Waals surface area contributed by atoms with Crippen LogP contribution in [-0.4, -0.2) is 38.1 Å². The number of methoxy groups -OCH3 is 1. The first kappa shape index (κ1) is 13.9. The normalized spacial score (nSPS) is 16.6. The number of hydrogen-bond donors (Lipinski definition) is 1. The van der Waals surface area contributed by atoms with Gasteiger partial charge in [-0.15, -0.1) is 0 Å². The van der Waals surface area contributed by atoms with Crippen LogP contribution >= 0.6 is 0 Å². The van der Waals surface area contributed by atoms with E-state index in [1.165, 1.54) is 0 Å². The van der Waals surface area contributed by atoms with E-state index in [1.807, 2.05) is 43.1 Å². The fourth-order valence-corrected chi connectivity index (χ4v) is 2.32. The van der Waals surface area contributed by atoms with E-state index in [1.54, 1.807) is 7.11 Å². The Morgan fingerprint density at radius 3 is 2.74 bits per heavy atom. The van der Waals surface area contributed by atoms with Crippen molar-refractivity contribution in [3.05, 3.63) is 29.8 Å². The first-order chi connectivity index (χ1) is 9.13. The molecule has 0 aromatic heterocycles. The summed E-state index contributed by atoms with van der Waals surface area (Å²) in [6.45, 7) is 3.96. The summed E-state index contributed by atoms with van der Waals surface area (Å²) < 4.78 is 5.36. The molecule has 0 aliphatic carbocycles. The van der Waals surface area contributed by atoms with Crippen LogP contribution < -0.4 is 10.1 Å². The second kappa shape index (κ2) is 6.06. The average Bonchev–Trinajstić information content (AvgIpc) is 2.40. The van der Waals surface area contributed by atoms with Crippen LogP contribution in [0.5, 0.6) is 5.75 Å². The molecular weight excluding hydrogens is 240 g/mol. The van der Waals surface area contributed by atoms with Gasteiger partial charge in [0.1, 0.15) is 5.75 Å². The van der Waals surface area contributed by atoms with Crippen LogP contribution in [-0.2, 0) is 4.79 Å². The van der Waals surface area contributed by atoms with Gasteiger partial charge in [0.2, 0.25) is 5.91 Å². The second-order valence-electron chi connectivity index (χ2n) is 5.15. The number of carbonyl (C=O) groups excluding carboxylic acids is 1. The highest BCUT2D eigenvalue weighted by molar-refractivity contribution is 5.77. The van der Waals surface area contributed by atoms with Crippen molar-refractivity contribution in [1.82, 2.24) is 10.2 Å². The minimum absolute atomic E-state index is 0.0247. The Labute approximate surface area is 114 Å². The highest BCUT2D eigenvalue weighted by Gasteiger charge is 2.25. The molecule has 0 spiro atoms. The number of nitrogens with one attached hydrogen (secondary N) is 1. The van der Waals surface area contributed by atoms with Crippen molar-refractivity contribution in [3.8, 4) is 5.75 Å². The van der Waals surface area contributed by atoms with Gasteiger partial charge < -0.3 is 15.0 Å². The minimum Gasteiger partial charge on any atom is -0.496 e. The maximum atomic E-state index is 12.2. The van der Waals surface area contributed by atoms with Crippen molar-refractivity contribution in [3.63, 3.8) is 0 Å². The van der Waals surface area contributed by atoms with Crippen LogP contribution in [0.15, 0.2) is 24.3 Å². The van der Waals surface area contributed by atoms with Gasteiger partial charge in [-0.3, -0.25) is 4.79 Å². The van der Waals surface area contributed by atoms with E-state index in [4.69, 9.17) is 4.74 Å². The molecule has 1 atom stereocenters. The maximum absolute atomic E-state index is 12.2. The molecule has 1 aromatic rings. The van der Waals surface area contributed by atoms with Crippen LogP contribution in [0.2, 0.25) is 0 Å². The van der Waals surface area contributed by atoms with E-state index in [0.717, 1.165) is 24.4 Å². The molecular formula is C15H22N2O2. The standard InChI is InChI=1S/C15H22N2O2/c1-11(13-6-4-5-7-14(13)19-3)17(2)15(18)8-12-9-16-10-12/h4-7,11-12,16H,8-10H2,1-3H3. The highest BCUT2D eigenvalue weighted by atomic mass is 16.5. The molecule has 0 saturated carbocycles. The van der Waals surface area contributed by atoms with E-state index in [0.29, 0.717) is 12.3 Å².